The minimum absolute atomic E-state index is 0.124. The second-order valence-electron chi connectivity index (χ2n) is 6.92. The molecule has 1 N–H and O–H groups in total. The van der Waals surface area contributed by atoms with Gasteiger partial charge < -0.3 is 9.42 Å². The van der Waals surface area contributed by atoms with Crippen molar-refractivity contribution in [2.45, 2.75) is 37.8 Å². The topological polar surface area (TPSA) is 92.5 Å². The lowest BCUT2D eigenvalue weighted by Crippen LogP contribution is -2.17. The van der Waals surface area contributed by atoms with Gasteiger partial charge in [0.15, 0.2) is 0 Å². The molecule has 8 heteroatoms. The standard InChI is InChI=1S/C16H19N3O4S/c1-16(2,3)13-8-14(23-17-13)24(21,22)18-11-6-5-10-9-19(4)15(20)12(10)7-11/h5-8,18H,9H2,1-4H3. The number of rotatable bonds is 3. The molecule has 7 nitrogen and oxygen atoms in total. The maximum absolute atomic E-state index is 12.4. The lowest BCUT2D eigenvalue weighted by Gasteiger charge is -2.12. The van der Waals surface area contributed by atoms with Crippen molar-refractivity contribution >= 4 is 21.6 Å². The summed E-state index contributed by atoms with van der Waals surface area (Å²) in [4.78, 5) is 13.6. The lowest BCUT2D eigenvalue weighted by molar-refractivity contribution is 0.0816. The highest BCUT2D eigenvalue weighted by atomic mass is 32.2. The van der Waals surface area contributed by atoms with Crippen LogP contribution in [0.1, 0.15) is 42.4 Å². The van der Waals surface area contributed by atoms with Gasteiger partial charge in [0.25, 0.3) is 21.0 Å². The van der Waals surface area contributed by atoms with Crippen LogP contribution in [0.5, 0.6) is 0 Å². The van der Waals surface area contributed by atoms with Gasteiger partial charge in [0.05, 0.1) is 5.69 Å². The first-order valence-corrected chi connectivity index (χ1v) is 8.95. The minimum Gasteiger partial charge on any atom is -0.342 e. The van der Waals surface area contributed by atoms with Crippen LogP contribution in [0, 0.1) is 0 Å². The molecular weight excluding hydrogens is 330 g/mol. The van der Waals surface area contributed by atoms with E-state index < -0.39 is 10.0 Å². The second kappa shape index (κ2) is 5.34. The third kappa shape index (κ3) is 2.89. The van der Waals surface area contributed by atoms with Crippen LogP contribution >= 0.6 is 0 Å². The SMILES string of the molecule is CN1Cc2ccc(NS(=O)(=O)c3cc(C(C)(C)C)no3)cc2C1=O. The van der Waals surface area contributed by atoms with Gasteiger partial charge in [-0.25, -0.2) is 0 Å². The Labute approximate surface area is 140 Å². The van der Waals surface area contributed by atoms with E-state index in [0.717, 1.165) is 5.56 Å². The fraction of sp³-hybridized carbons (Fsp3) is 0.375. The molecule has 0 atom stereocenters. The molecule has 0 aliphatic carbocycles. The molecule has 128 valence electrons. The summed E-state index contributed by atoms with van der Waals surface area (Å²) < 4.78 is 32.3. The Kier molecular flexibility index (Phi) is 3.67. The molecule has 0 saturated carbocycles. The van der Waals surface area contributed by atoms with Gasteiger partial charge >= 0.3 is 0 Å². The minimum atomic E-state index is -3.91. The van der Waals surface area contributed by atoms with Gasteiger partial charge in [0.1, 0.15) is 0 Å². The molecule has 1 aliphatic rings. The van der Waals surface area contributed by atoms with E-state index in [1.807, 2.05) is 20.8 Å². The molecule has 3 rings (SSSR count). The summed E-state index contributed by atoms with van der Waals surface area (Å²) in [6, 6.07) is 6.33. The Morgan fingerprint density at radius 1 is 1.25 bits per heavy atom. The molecule has 2 heterocycles. The van der Waals surface area contributed by atoms with Gasteiger partial charge in [0, 0.05) is 36.3 Å². The molecule has 24 heavy (non-hydrogen) atoms. The Hall–Kier alpha value is -2.35. The number of nitrogens with zero attached hydrogens (tertiary/aromatic N) is 2. The average molecular weight is 349 g/mol. The average Bonchev–Trinajstić information content (AvgIpc) is 3.06. The summed E-state index contributed by atoms with van der Waals surface area (Å²) >= 11 is 0. The van der Waals surface area contributed by atoms with Gasteiger partial charge in [0.2, 0.25) is 0 Å². The van der Waals surface area contributed by atoms with Gasteiger partial charge in [-0.1, -0.05) is 32.0 Å². The number of hydrogen-bond donors (Lipinski definition) is 1. The van der Waals surface area contributed by atoms with Crippen molar-refractivity contribution in [3.63, 3.8) is 0 Å². The van der Waals surface area contributed by atoms with Gasteiger partial charge in [-0.2, -0.15) is 8.42 Å². The molecule has 1 aliphatic heterocycles. The van der Waals surface area contributed by atoms with E-state index in [1.54, 1.807) is 30.1 Å². The van der Waals surface area contributed by atoms with Crippen LogP contribution in [0.3, 0.4) is 0 Å². The first-order chi connectivity index (χ1) is 11.1. The first-order valence-electron chi connectivity index (χ1n) is 7.46. The van der Waals surface area contributed by atoms with Crippen molar-refractivity contribution in [3.8, 4) is 0 Å². The Morgan fingerprint density at radius 2 is 1.96 bits per heavy atom. The summed E-state index contributed by atoms with van der Waals surface area (Å²) in [5.41, 5.74) is 1.92. The zero-order valence-electron chi connectivity index (χ0n) is 14.0. The van der Waals surface area contributed by atoms with Gasteiger partial charge in [-0.15, -0.1) is 0 Å². The van der Waals surface area contributed by atoms with Crippen molar-refractivity contribution in [2.75, 3.05) is 11.8 Å². The zero-order chi connectivity index (χ0) is 17.7. The molecule has 1 aromatic heterocycles. The van der Waals surface area contributed by atoms with E-state index in [4.69, 9.17) is 4.52 Å². The molecule has 0 unspecified atom stereocenters. The fourth-order valence-corrected chi connectivity index (χ4v) is 3.39. The summed E-state index contributed by atoms with van der Waals surface area (Å²) in [6.45, 7) is 6.27. The lowest BCUT2D eigenvalue weighted by atomic mass is 9.93. The monoisotopic (exact) mass is 349 g/mol. The molecule has 1 amide bonds. The Balaban J connectivity index is 1.88. The third-order valence-electron chi connectivity index (χ3n) is 3.87. The molecule has 0 radical (unpaired) electrons. The predicted molar refractivity (Wildman–Crippen MR) is 88.3 cm³/mol. The number of carbonyl (C=O) groups excluding carboxylic acids is 1. The highest BCUT2D eigenvalue weighted by molar-refractivity contribution is 7.92. The van der Waals surface area contributed by atoms with Crippen LogP contribution in [0.25, 0.3) is 0 Å². The predicted octanol–water partition coefficient (Wildman–Crippen LogP) is 2.36. The second-order valence-corrected chi connectivity index (χ2v) is 8.53. The van der Waals surface area contributed by atoms with Crippen LogP contribution in [0.15, 0.2) is 33.9 Å². The highest BCUT2D eigenvalue weighted by Crippen LogP contribution is 2.27. The van der Waals surface area contributed by atoms with Crippen molar-refractivity contribution in [1.29, 1.82) is 0 Å². The number of sulfonamides is 1. The molecule has 2 aromatic rings. The molecule has 0 bridgehead atoms. The van der Waals surface area contributed by atoms with Crippen LogP contribution in [-0.4, -0.2) is 31.4 Å². The van der Waals surface area contributed by atoms with Crippen LogP contribution in [-0.2, 0) is 22.0 Å². The number of aromatic nitrogens is 1. The van der Waals surface area contributed by atoms with Crippen molar-refractivity contribution < 1.29 is 17.7 Å². The highest BCUT2D eigenvalue weighted by Gasteiger charge is 2.28. The van der Waals surface area contributed by atoms with E-state index in [1.165, 1.54) is 6.07 Å². The normalized spacial score (nSPS) is 14.8. The smallest absolute Gasteiger partial charge is 0.298 e. The van der Waals surface area contributed by atoms with Crippen molar-refractivity contribution in [1.82, 2.24) is 10.1 Å². The van der Waals surface area contributed by atoms with E-state index >= 15 is 0 Å². The number of nitrogens with one attached hydrogen (secondary N) is 1. The molecule has 0 spiro atoms. The number of benzene rings is 1. The summed E-state index contributed by atoms with van der Waals surface area (Å²) in [6.07, 6.45) is 0. The first kappa shape index (κ1) is 16.5. The molecular formula is C16H19N3O4S. The van der Waals surface area contributed by atoms with Crippen molar-refractivity contribution in [2.24, 2.45) is 0 Å². The van der Waals surface area contributed by atoms with E-state index in [0.29, 0.717) is 23.5 Å². The maximum Gasteiger partial charge on any atom is 0.298 e. The van der Waals surface area contributed by atoms with Crippen LogP contribution in [0.4, 0.5) is 5.69 Å². The molecule has 0 fully saturated rings. The molecule has 1 aromatic carbocycles. The van der Waals surface area contributed by atoms with E-state index in [2.05, 4.69) is 9.88 Å². The van der Waals surface area contributed by atoms with Crippen molar-refractivity contribution in [3.05, 3.63) is 41.1 Å². The Bertz CT molecular complexity index is 910. The number of anilines is 1. The van der Waals surface area contributed by atoms with Crippen LogP contribution < -0.4 is 4.72 Å². The van der Waals surface area contributed by atoms with E-state index in [9.17, 15) is 13.2 Å². The number of fused-ring (bicyclic) bond motifs is 1. The number of carbonyl (C=O) groups is 1. The summed E-state index contributed by atoms with van der Waals surface area (Å²) in [5, 5.41) is 3.57. The van der Waals surface area contributed by atoms with E-state index in [-0.39, 0.29) is 16.4 Å². The number of hydrogen-bond acceptors (Lipinski definition) is 5. The van der Waals surface area contributed by atoms with Gasteiger partial charge in [-0.05, 0) is 17.7 Å². The zero-order valence-corrected chi connectivity index (χ0v) is 14.8. The van der Waals surface area contributed by atoms with Gasteiger partial charge in [-0.3, -0.25) is 9.52 Å². The largest absolute Gasteiger partial charge is 0.342 e. The fourth-order valence-electron chi connectivity index (χ4n) is 2.45. The summed E-state index contributed by atoms with van der Waals surface area (Å²) in [5.74, 6) is -0.124. The third-order valence-corrected chi connectivity index (χ3v) is 5.10. The Morgan fingerprint density at radius 3 is 2.58 bits per heavy atom. The van der Waals surface area contributed by atoms with Crippen LogP contribution in [0.2, 0.25) is 0 Å². The molecule has 0 saturated heterocycles. The number of amides is 1. The maximum atomic E-state index is 12.4. The quantitative estimate of drug-likeness (QED) is 0.918. The summed E-state index contributed by atoms with van der Waals surface area (Å²) in [7, 11) is -2.20.